The van der Waals surface area contributed by atoms with E-state index in [1.54, 1.807) is 38.5 Å². The number of amides is 1. The first-order valence-electron chi connectivity index (χ1n) is 8.14. The number of carbonyl (C=O) groups is 1. The molecule has 2 aromatic rings. The molecule has 6 heteroatoms. The number of ether oxygens (including phenoxy) is 2. The number of piperidine rings is 1. The van der Waals surface area contributed by atoms with Crippen LogP contribution in [0.1, 0.15) is 36.7 Å². The lowest BCUT2D eigenvalue weighted by atomic mass is 10.0. The Morgan fingerprint density at radius 3 is 2.79 bits per heavy atom. The molecule has 2 heterocycles. The average Bonchev–Trinajstić information content (AvgIpc) is 3.11. The van der Waals surface area contributed by atoms with Gasteiger partial charge < -0.3 is 18.9 Å². The van der Waals surface area contributed by atoms with Gasteiger partial charge >= 0.3 is 0 Å². The van der Waals surface area contributed by atoms with Crippen molar-refractivity contribution < 1.29 is 18.8 Å². The van der Waals surface area contributed by atoms with Crippen LogP contribution in [0.4, 0.5) is 0 Å². The summed E-state index contributed by atoms with van der Waals surface area (Å²) >= 11 is 0. The summed E-state index contributed by atoms with van der Waals surface area (Å²) < 4.78 is 16.0. The Morgan fingerprint density at radius 2 is 2.08 bits per heavy atom. The lowest BCUT2D eigenvalue weighted by molar-refractivity contribution is 0.0625. The molecule has 0 N–H and O–H groups in total. The fourth-order valence-corrected chi connectivity index (χ4v) is 3.06. The first kappa shape index (κ1) is 16.4. The molecule has 0 spiro atoms. The lowest BCUT2D eigenvalue weighted by Gasteiger charge is -2.32. The van der Waals surface area contributed by atoms with Crippen LogP contribution < -0.4 is 9.47 Å². The Kier molecular flexibility index (Phi) is 4.74. The molecule has 6 nitrogen and oxygen atoms in total. The number of carbonyl (C=O) groups excluding carboxylic acids is 1. The molecule has 1 aliphatic heterocycles. The predicted octanol–water partition coefficient (Wildman–Crippen LogP) is 3.37. The van der Waals surface area contributed by atoms with Gasteiger partial charge in [-0.2, -0.15) is 0 Å². The van der Waals surface area contributed by atoms with Crippen LogP contribution in [-0.2, 0) is 0 Å². The highest BCUT2D eigenvalue weighted by molar-refractivity contribution is 5.93. The van der Waals surface area contributed by atoms with E-state index in [4.69, 9.17) is 14.0 Å². The van der Waals surface area contributed by atoms with Crippen molar-refractivity contribution in [1.82, 2.24) is 10.1 Å². The van der Waals surface area contributed by atoms with E-state index in [1.807, 2.05) is 4.90 Å². The zero-order chi connectivity index (χ0) is 17.1. The number of hydrogen-bond donors (Lipinski definition) is 0. The highest BCUT2D eigenvalue weighted by Gasteiger charge is 2.27. The Morgan fingerprint density at radius 1 is 1.25 bits per heavy atom. The van der Waals surface area contributed by atoms with Crippen molar-refractivity contribution >= 4 is 5.91 Å². The van der Waals surface area contributed by atoms with Crippen LogP contribution in [0.15, 0.2) is 28.8 Å². The highest BCUT2D eigenvalue weighted by atomic mass is 16.5. The van der Waals surface area contributed by atoms with Crippen LogP contribution in [0.3, 0.4) is 0 Å². The lowest BCUT2D eigenvalue weighted by Crippen LogP contribution is -2.42. The monoisotopic (exact) mass is 330 g/mol. The molecule has 3 rings (SSSR count). The summed E-state index contributed by atoms with van der Waals surface area (Å²) in [4.78, 5) is 14.5. The molecule has 128 valence electrons. The van der Waals surface area contributed by atoms with Gasteiger partial charge in [-0.3, -0.25) is 4.79 Å². The molecule has 1 saturated heterocycles. The maximum Gasteiger partial charge on any atom is 0.276 e. The summed E-state index contributed by atoms with van der Waals surface area (Å²) in [6, 6.07) is 7.31. The van der Waals surface area contributed by atoms with E-state index in [9.17, 15) is 4.79 Å². The van der Waals surface area contributed by atoms with Crippen LogP contribution >= 0.6 is 0 Å². The summed E-state index contributed by atoms with van der Waals surface area (Å²) in [5.74, 6) is 1.72. The summed E-state index contributed by atoms with van der Waals surface area (Å²) in [5, 5.41) is 3.97. The third-order valence-corrected chi connectivity index (χ3v) is 4.47. The van der Waals surface area contributed by atoms with Gasteiger partial charge in [0.05, 0.1) is 19.8 Å². The molecule has 1 amide bonds. The van der Waals surface area contributed by atoms with Crippen LogP contribution in [0.5, 0.6) is 11.5 Å². The predicted molar refractivity (Wildman–Crippen MR) is 89.4 cm³/mol. The quantitative estimate of drug-likeness (QED) is 0.860. The largest absolute Gasteiger partial charge is 0.497 e. The number of rotatable bonds is 4. The minimum atomic E-state index is -0.0842. The number of nitrogens with zero attached hydrogens (tertiary/aromatic N) is 2. The van der Waals surface area contributed by atoms with Gasteiger partial charge in [0.15, 0.2) is 11.5 Å². The van der Waals surface area contributed by atoms with Crippen molar-refractivity contribution in [3.63, 3.8) is 0 Å². The normalized spacial score (nSPS) is 17.6. The fraction of sp³-hybridized carbons (Fsp3) is 0.444. The maximum atomic E-state index is 12.7. The number of methoxy groups -OCH3 is 2. The average molecular weight is 330 g/mol. The van der Waals surface area contributed by atoms with Crippen LogP contribution in [0, 0.1) is 0 Å². The van der Waals surface area contributed by atoms with E-state index in [1.165, 1.54) is 0 Å². The molecule has 24 heavy (non-hydrogen) atoms. The van der Waals surface area contributed by atoms with Crippen molar-refractivity contribution in [2.45, 2.75) is 32.2 Å². The van der Waals surface area contributed by atoms with Gasteiger partial charge in [0.25, 0.3) is 5.91 Å². The first-order chi connectivity index (χ1) is 11.6. The molecule has 1 atom stereocenters. The van der Waals surface area contributed by atoms with Gasteiger partial charge in [0.2, 0.25) is 0 Å². The third kappa shape index (κ3) is 3.09. The Bertz CT molecular complexity index is 726. The molecular formula is C18H22N2O4. The summed E-state index contributed by atoms with van der Waals surface area (Å²) in [5.41, 5.74) is 1.03. The van der Waals surface area contributed by atoms with E-state index >= 15 is 0 Å². The molecule has 1 fully saturated rings. The van der Waals surface area contributed by atoms with Gasteiger partial charge in [-0.05, 0) is 44.4 Å². The minimum absolute atomic E-state index is 0.0842. The van der Waals surface area contributed by atoms with E-state index in [2.05, 4.69) is 12.1 Å². The van der Waals surface area contributed by atoms with Crippen LogP contribution in [0.2, 0.25) is 0 Å². The Labute approximate surface area is 141 Å². The van der Waals surface area contributed by atoms with Crippen LogP contribution in [0.25, 0.3) is 11.3 Å². The van der Waals surface area contributed by atoms with Gasteiger partial charge in [-0.15, -0.1) is 0 Å². The summed E-state index contributed by atoms with van der Waals surface area (Å²) in [6.07, 6.45) is 3.22. The SMILES string of the molecule is COc1ccc(OC)c(-c2cc(C(=O)N3CCCCC3C)no2)c1. The second-order valence-electron chi connectivity index (χ2n) is 5.99. The smallest absolute Gasteiger partial charge is 0.276 e. The molecule has 1 aliphatic rings. The van der Waals surface area contributed by atoms with Gasteiger partial charge in [0.1, 0.15) is 11.5 Å². The maximum absolute atomic E-state index is 12.7. The zero-order valence-corrected chi connectivity index (χ0v) is 14.2. The zero-order valence-electron chi connectivity index (χ0n) is 14.2. The number of benzene rings is 1. The molecule has 0 aliphatic carbocycles. The topological polar surface area (TPSA) is 64.8 Å². The Balaban J connectivity index is 1.89. The molecule has 0 saturated carbocycles. The van der Waals surface area contributed by atoms with Crippen molar-refractivity contribution in [1.29, 1.82) is 0 Å². The van der Waals surface area contributed by atoms with E-state index in [-0.39, 0.29) is 11.9 Å². The number of aromatic nitrogens is 1. The molecule has 1 aromatic heterocycles. The third-order valence-electron chi connectivity index (χ3n) is 4.47. The van der Waals surface area contributed by atoms with E-state index in [0.29, 0.717) is 28.5 Å². The van der Waals surface area contributed by atoms with Crippen molar-refractivity contribution in [3.05, 3.63) is 30.0 Å². The molecule has 1 aromatic carbocycles. The second kappa shape index (κ2) is 6.95. The summed E-state index contributed by atoms with van der Waals surface area (Å²) in [7, 11) is 3.18. The second-order valence-corrected chi connectivity index (χ2v) is 5.99. The van der Waals surface area contributed by atoms with E-state index < -0.39 is 0 Å². The molecule has 0 radical (unpaired) electrons. The fourth-order valence-electron chi connectivity index (χ4n) is 3.06. The van der Waals surface area contributed by atoms with Gasteiger partial charge in [-0.25, -0.2) is 0 Å². The van der Waals surface area contributed by atoms with Gasteiger partial charge in [0, 0.05) is 18.7 Å². The number of hydrogen-bond acceptors (Lipinski definition) is 5. The Hall–Kier alpha value is -2.50. The minimum Gasteiger partial charge on any atom is -0.497 e. The number of likely N-dealkylation sites (tertiary alicyclic amines) is 1. The highest BCUT2D eigenvalue weighted by Crippen LogP contribution is 2.34. The van der Waals surface area contributed by atoms with E-state index in [0.717, 1.165) is 25.8 Å². The molecular weight excluding hydrogens is 308 g/mol. The van der Waals surface area contributed by atoms with Crippen molar-refractivity contribution in [2.24, 2.45) is 0 Å². The van der Waals surface area contributed by atoms with Crippen molar-refractivity contribution in [3.8, 4) is 22.8 Å². The van der Waals surface area contributed by atoms with Crippen LogP contribution in [-0.4, -0.2) is 42.8 Å². The summed E-state index contributed by atoms with van der Waals surface area (Å²) in [6.45, 7) is 2.84. The van der Waals surface area contributed by atoms with Gasteiger partial charge in [-0.1, -0.05) is 5.16 Å². The standard InChI is InChI=1S/C18H22N2O4/c1-12-6-4-5-9-20(12)18(21)15-11-17(24-19-15)14-10-13(22-2)7-8-16(14)23-3/h7-8,10-12H,4-6,9H2,1-3H3. The first-order valence-corrected chi connectivity index (χ1v) is 8.14. The van der Waals surface area contributed by atoms with Crippen molar-refractivity contribution in [2.75, 3.05) is 20.8 Å². The molecule has 0 bridgehead atoms. The molecule has 1 unspecified atom stereocenters.